The zero-order valence-electron chi connectivity index (χ0n) is 17.7. The van der Waals surface area contributed by atoms with Crippen molar-refractivity contribution in [3.63, 3.8) is 0 Å². The van der Waals surface area contributed by atoms with Crippen molar-refractivity contribution in [2.75, 3.05) is 26.3 Å². The van der Waals surface area contributed by atoms with E-state index in [4.69, 9.17) is 9.47 Å². The van der Waals surface area contributed by atoms with Gasteiger partial charge in [0, 0.05) is 26.2 Å². The number of nitrogens with one attached hydrogen (secondary N) is 1. The molecule has 0 aromatic heterocycles. The third-order valence-electron chi connectivity index (χ3n) is 5.28. The van der Waals surface area contributed by atoms with Gasteiger partial charge in [-0.25, -0.2) is 0 Å². The van der Waals surface area contributed by atoms with Crippen LogP contribution in [0, 0.1) is 13.8 Å². The van der Waals surface area contributed by atoms with Crippen LogP contribution in [0.5, 0.6) is 5.75 Å². The first-order chi connectivity index (χ1) is 14.0. The molecule has 3 rings (SSSR count). The highest BCUT2D eigenvalue weighted by Crippen LogP contribution is 2.21. The molecule has 1 aliphatic heterocycles. The molecule has 1 saturated heterocycles. The first kappa shape index (κ1) is 21.3. The van der Waals surface area contributed by atoms with Crippen molar-refractivity contribution >= 4 is 5.91 Å². The lowest BCUT2D eigenvalue weighted by Gasteiger charge is -2.26. The van der Waals surface area contributed by atoms with Gasteiger partial charge in [-0.05, 0) is 48.6 Å². The zero-order chi connectivity index (χ0) is 20.6. The number of nitrogens with zero attached hydrogens (tertiary/aromatic N) is 1. The number of benzene rings is 2. The summed E-state index contributed by atoms with van der Waals surface area (Å²) in [5.74, 6) is 0.699. The fourth-order valence-corrected chi connectivity index (χ4v) is 3.39. The number of ether oxygens (including phenoxy) is 2. The second-order valence-corrected chi connectivity index (χ2v) is 7.71. The number of morpholine rings is 1. The fraction of sp³-hybridized carbons (Fsp3) is 0.458. The van der Waals surface area contributed by atoms with Crippen molar-refractivity contribution in [1.29, 1.82) is 0 Å². The Morgan fingerprint density at radius 3 is 2.48 bits per heavy atom. The van der Waals surface area contributed by atoms with Gasteiger partial charge in [-0.1, -0.05) is 43.3 Å². The summed E-state index contributed by atoms with van der Waals surface area (Å²) in [5, 5.41) is 3.01. The molecule has 5 heteroatoms. The summed E-state index contributed by atoms with van der Waals surface area (Å²) in [5.41, 5.74) is 4.54. The van der Waals surface area contributed by atoms with E-state index in [1.807, 2.05) is 39.0 Å². The minimum Gasteiger partial charge on any atom is -0.480 e. The molecule has 0 bridgehead atoms. The van der Waals surface area contributed by atoms with E-state index in [0.29, 0.717) is 13.0 Å². The predicted molar refractivity (Wildman–Crippen MR) is 115 cm³/mol. The van der Waals surface area contributed by atoms with Gasteiger partial charge >= 0.3 is 0 Å². The number of carbonyl (C=O) groups is 1. The average Bonchev–Trinajstić information content (AvgIpc) is 2.74. The number of rotatable bonds is 8. The maximum absolute atomic E-state index is 12.6. The summed E-state index contributed by atoms with van der Waals surface area (Å²) in [6.45, 7) is 11.0. The van der Waals surface area contributed by atoms with Crippen LogP contribution in [0.15, 0.2) is 42.5 Å². The number of hydrogen-bond acceptors (Lipinski definition) is 4. The average molecular weight is 397 g/mol. The molecule has 0 aliphatic carbocycles. The van der Waals surface area contributed by atoms with Gasteiger partial charge in [0.25, 0.3) is 5.91 Å². The molecular weight excluding hydrogens is 364 g/mol. The molecular formula is C24H32N2O3. The Balaban J connectivity index is 1.51. The van der Waals surface area contributed by atoms with E-state index in [-0.39, 0.29) is 5.91 Å². The van der Waals surface area contributed by atoms with Gasteiger partial charge in [0.2, 0.25) is 0 Å². The van der Waals surface area contributed by atoms with E-state index in [1.54, 1.807) is 0 Å². The third kappa shape index (κ3) is 6.31. The van der Waals surface area contributed by atoms with Gasteiger partial charge in [0.05, 0.1) is 13.2 Å². The molecule has 0 radical (unpaired) electrons. The molecule has 1 atom stereocenters. The molecule has 2 aromatic carbocycles. The lowest BCUT2D eigenvalue weighted by atomic mass is 10.1. The molecule has 1 N–H and O–H groups in total. The Labute approximate surface area is 174 Å². The number of amides is 1. The molecule has 0 saturated carbocycles. The summed E-state index contributed by atoms with van der Waals surface area (Å²) in [6, 6.07) is 14.5. The van der Waals surface area contributed by atoms with Crippen LogP contribution in [0.2, 0.25) is 0 Å². The number of aryl methyl sites for hydroxylation is 2. The molecule has 0 unspecified atom stereocenters. The molecule has 156 valence electrons. The monoisotopic (exact) mass is 396 g/mol. The van der Waals surface area contributed by atoms with E-state index < -0.39 is 6.10 Å². The summed E-state index contributed by atoms with van der Waals surface area (Å²) in [7, 11) is 0. The zero-order valence-corrected chi connectivity index (χ0v) is 17.7. The summed E-state index contributed by atoms with van der Waals surface area (Å²) < 4.78 is 11.4. The van der Waals surface area contributed by atoms with Crippen LogP contribution in [0.25, 0.3) is 0 Å². The summed E-state index contributed by atoms with van der Waals surface area (Å²) in [6.07, 6.45) is 0.133. The van der Waals surface area contributed by atoms with E-state index in [0.717, 1.165) is 55.3 Å². The highest BCUT2D eigenvalue weighted by Gasteiger charge is 2.19. The Kier molecular flexibility index (Phi) is 7.67. The second kappa shape index (κ2) is 10.4. The predicted octanol–water partition coefficient (Wildman–Crippen LogP) is 3.61. The van der Waals surface area contributed by atoms with Crippen LogP contribution in [-0.4, -0.2) is 43.2 Å². The van der Waals surface area contributed by atoms with Crippen molar-refractivity contribution < 1.29 is 14.3 Å². The van der Waals surface area contributed by atoms with Crippen molar-refractivity contribution in [1.82, 2.24) is 10.2 Å². The molecule has 5 nitrogen and oxygen atoms in total. The molecule has 1 heterocycles. The van der Waals surface area contributed by atoms with Crippen LogP contribution < -0.4 is 10.1 Å². The molecule has 2 aromatic rings. The highest BCUT2D eigenvalue weighted by molar-refractivity contribution is 5.81. The standard InChI is InChI=1S/C24H32N2O3/c1-4-22(29-23-15-18(2)5-6-19(23)3)24(27)25-16-20-7-9-21(10-8-20)17-26-11-13-28-14-12-26/h5-10,15,22H,4,11-14,16-17H2,1-3H3,(H,25,27)/t22-/m1/s1. The van der Waals surface area contributed by atoms with Gasteiger partial charge in [-0.3, -0.25) is 9.69 Å². The number of carbonyl (C=O) groups excluding carboxylic acids is 1. The maximum Gasteiger partial charge on any atom is 0.261 e. The molecule has 1 aliphatic rings. The van der Waals surface area contributed by atoms with E-state index in [2.05, 4.69) is 34.5 Å². The fourth-order valence-electron chi connectivity index (χ4n) is 3.39. The summed E-state index contributed by atoms with van der Waals surface area (Å²) >= 11 is 0. The topological polar surface area (TPSA) is 50.8 Å². The van der Waals surface area contributed by atoms with Crippen molar-refractivity contribution in [2.24, 2.45) is 0 Å². The van der Waals surface area contributed by atoms with Crippen molar-refractivity contribution in [3.8, 4) is 5.75 Å². The molecule has 29 heavy (non-hydrogen) atoms. The molecule has 0 spiro atoms. The van der Waals surface area contributed by atoms with E-state index >= 15 is 0 Å². The van der Waals surface area contributed by atoms with E-state index in [9.17, 15) is 4.79 Å². The Morgan fingerprint density at radius 1 is 1.10 bits per heavy atom. The van der Waals surface area contributed by atoms with Gasteiger partial charge in [-0.15, -0.1) is 0 Å². The normalized spacial score (nSPS) is 15.7. The minimum atomic E-state index is -0.490. The van der Waals surface area contributed by atoms with Crippen LogP contribution in [0.3, 0.4) is 0 Å². The van der Waals surface area contributed by atoms with Crippen LogP contribution in [0.1, 0.15) is 35.6 Å². The van der Waals surface area contributed by atoms with Gasteiger partial charge in [0.15, 0.2) is 6.10 Å². The largest absolute Gasteiger partial charge is 0.480 e. The summed E-state index contributed by atoms with van der Waals surface area (Å²) in [4.78, 5) is 15.0. The first-order valence-electron chi connectivity index (χ1n) is 10.4. The van der Waals surface area contributed by atoms with Gasteiger partial charge < -0.3 is 14.8 Å². The third-order valence-corrected chi connectivity index (χ3v) is 5.28. The van der Waals surface area contributed by atoms with Gasteiger partial charge in [0.1, 0.15) is 5.75 Å². The quantitative estimate of drug-likeness (QED) is 0.741. The molecule has 1 fully saturated rings. The lowest BCUT2D eigenvalue weighted by molar-refractivity contribution is -0.128. The highest BCUT2D eigenvalue weighted by atomic mass is 16.5. The Hall–Kier alpha value is -2.37. The van der Waals surface area contributed by atoms with Crippen molar-refractivity contribution in [2.45, 2.75) is 46.4 Å². The maximum atomic E-state index is 12.6. The Morgan fingerprint density at radius 2 is 1.79 bits per heavy atom. The van der Waals surface area contributed by atoms with Crippen LogP contribution in [0.4, 0.5) is 0 Å². The van der Waals surface area contributed by atoms with Crippen LogP contribution in [-0.2, 0) is 22.6 Å². The van der Waals surface area contributed by atoms with Crippen molar-refractivity contribution in [3.05, 3.63) is 64.7 Å². The minimum absolute atomic E-state index is 0.0780. The second-order valence-electron chi connectivity index (χ2n) is 7.71. The first-order valence-corrected chi connectivity index (χ1v) is 10.4. The lowest BCUT2D eigenvalue weighted by Crippen LogP contribution is -2.37. The Bertz CT molecular complexity index is 798. The molecule has 1 amide bonds. The van der Waals surface area contributed by atoms with Gasteiger partial charge in [-0.2, -0.15) is 0 Å². The SMILES string of the molecule is CC[C@@H](Oc1cc(C)ccc1C)C(=O)NCc1ccc(CN2CCOCC2)cc1. The van der Waals surface area contributed by atoms with Crippen LogP contribution >= 0.6 is 0 Å². The number of hydrogen-bond donors (Lipinski definition) is 1. The van der Waals surface area contributed by atoms with E-state index in [1.165, 1.54) is 5.56 Å². The smallest absolute Gasteiger partial charge is 0.261 e.